The third kappa shape index (κ3) is 2.98. The van der Waals surface area contributed by atoms with Crippen molar-refractivity contribution in [3.63, 3.8) is 0 Å². The summed E-state index contributed by atoms with van der Waals surface area (Å²) in [6, 6.07) is 2.83. The van der Waals surface area contributed by atoms with Crippen LogP contribution in [0.15, 0.2) is 18.2 Å². The van der Waals surface area contributed by atoms with Crippen molar-refractivity contribution in [2.75, 3.05) is 26.3 Å². The second-order valence-corrected chi connectivity index (χ2v) is 5.38. The molecule has 0 aliphatic carbocycles. The zero-order valence-electron chi connectivity index (χ0n) is 11.7. The zero-order valence-corrected chi connectivity index (χ0v) is 12.4. The van der Waals surface area contributed by atoms with E-state index in [0.717, 1.165) is 0 Å². The molecule has 6 nitrogen and oxygen atoms in total. The number of ether oxygens (including phenoxy) is 3. The van der Waals surface area contributed by atoms with E-state index in [2.05, 4.69) is 0 Å². The van der Waals surface area contributed by atoms with Crippen molar-refractivity contribution in [3.05, 3.63) is 23.2 Å². The predicted molar refractivity (Wildman–Crippen MR) is 72.4 cm³/mol. The van der Waals surface area contributed by atoms with E-state index in [9.17, 15) is 18.0 Å². The first-order valence-corrected chi connectivity index (χ1v) is 7.08. The molecule has 2 amide bonds. The van der Waals surface area contributed by atoms with Gasteiger partial charge in [0.15, 0.2) is 11.5 Å². The molecule has 1 N–H and O–H groups in total. The number of carbonyl (C=O) groups excluding carboxylic acids is 1. The first-order chi connectivity index (χ1) is 10.8. The van der Waals surface area contributed by atoms with Gasteiger partial charge < -0.3 is 19.1 Å². The van der Waals surface area contributed by atoms with Gasteiger partial charge in [-0.2, -0.15) is 13.2 Å². The van der Waals surface area contributed by atoms with E-state index in [1.165, 1.54) is 23.1 Å². The fourth-order valence-electron chi connectivity index (χ4n) is 2.20. The van der Waals surface area contributed by atoms with Crippen molar-refractivity contribution in [2.45, 2.75) is 12.1 Å². The Morgan fingerprint density at radius 2 is 1.87 bits per heavy atom. The number of nitrogens with one attached hydrogen (secondary N) is 1. The Morgan fingerprint density at radius 3 is 2.52 bits per heavy atom. The van der Waals surface area contributed by atoms with Gasteiger partial charge in [-0.05, 0) is 12.1 Å². The molecule has 1 saturated heterocycles. The van der Waals surface area contributed by atoms with Crippen molar-refractivity contribution in [1.29, 1.82) is 0 Å². The Balaban J connectivity index is 1.84. The quantitative estimate of drug-likeness (QED) is 0.843. The minimum absolute atomic E-state index is 0.158. The second-order valence-electron chi connectivity index (χ2n) is 4.94. The van der Waals surface area contributed by atoms with Gasteiger partial charge in [-0.15, -0.1) is 0 Å². The van der Waals surface area contributed by atoms with Crippen LogP contribution in [0.2, 0.25) is 5.02 Å². The highest BCUT2D eigenvalue weighted by molar-refractivity contribution is 6.30. The predicted octanol–water partition coefficient (Wildman–Crippen LogP) is 2.37. The Bertz CT molecular complexity index is 622. The molecule has 1 aromatic carbocycles. The minimum Gasteiger partial charge on any atom is -0.424 e. The molecule has 23 heavy (non-hydrogen) atoms. The number of hydrogen-bond acceptors (Lipinski definition) is 4. The summed E-state index contributed by atoms with van der Waals surface area (Å²) < 4.78 is 55.2. The van der Waals surface area contributed by atoms with Crippen molar-refractivity contribution < 1.29 is 32.2 Å². The van der Waals surface area contributed by atoms with Gasteiger partial charge in [-0.3, -0.25) is 5.32 Å². The molecule has 3 rings (SSSR count). The summed E-state index contributed by atoms with van der Waals surface area (Å²) in [5.41, 5.74) is 0. The monoisotopic (exact) mass is 352 g/mol. The van der Waals surface area contributed by atoms with Crippen LogP contribution in [0.1, 0.15) is 0 Å². The third-order valence-corrected chi connectivity index (χ3v) is 3.59. The van der Waals surface area contributed by atoms with Gasteiger partial charge >= 0.3 is 18.1 Å². The number of hydrogen-bond donors (Lipinski definition) is 1. The molecule has 126 valence electrons. The lowest BCUT2D eigenvalue weighted by molar-refractivity contribution is -0.318. The van der Waals surface area contributed by atoms with Crippen LogP contribution in [0.3, 0.4) is 0 Å². The van der Waals surface area contributed by atoms with E-state index in [1.54, 1.807) is 5.32 Å². The number of morpholine rings is 1. The number of urea groups is 1. The maximum absolute atomic E-state index is 13.5. The molecular formula is C13H12ClF3N2O4. The fourth-order valence-corrected chi connectivity index (χ4v) is 2.36. The lowest BCUT2D eigenvalue weighted by Gasteiger charge is -2.33. The minimum atomic E-state index is -5.00. The summed E-state index contributed by atoms with van der Waals surface area (Å²) in [5, 5.41) is 1.97. The van der Waals surface area contributed by atoms with Crippen LogP contribution in [0.5, 0.6) is 11.5 Å². The second kappa shape index (κ2) is 5.64. The number of carbonyl (C=O) groups is 1. The SMILES string of the molecule is O=C(NC1(C(F)(F)F)Oc2ccc(Cl)cc2O1)N1CCOCC1. The van der Waals surface area contributed by atoms with E-state index in [-0.39, 0.29) is 42.8 Å². The lowest BCUT2D eigenvalue weighted by atomic mass is 10.3. The van der Waals surface area contributed by atoms with Crippen LogP contribution in [-0.4, -0.2) is 49.3 Å². The summed E-state index contributed by atoms with van der Waals surface area (Å²) in [7, 11) is 0. The highest BCUT2D eigenvalue weighted by Crippen LogP contribution is 2.46. The number of halogens is 4. The van der Waals surface area contributed by atoms with Gasteiger partial charge in [-0.1, -0.05) is 11.6 Å². The Hall–Kier alpha value is -1.87. The average Bonchev–Trinajstić information content (AvgIpc) is 2.86. The van der Waals surface area contributed by atoms with Gasteiger partial charge in [0.25, 0.3) is 0 Å². The van der Waals surface area contributed by atoms with Gasteiger partial charge in [-0.25, -0.2) is 4.79 Å². The number of alkyl halides is 3. The maximum atomic E-state index is 13.5. The summed E-state index contributed by atoms with van der Waals surface area (Å²) in [4.78, 5) is 13.3. The molecule has 0 spiro atoms. The number of rotatable bonds is 1. The van der Waals surface area contributed by atoms with E-state index < -0.39 is 18.1 Å². The normalized spacial score (nSPS) is 23.7. The topological polar surface area (TPSA) is 60.0 Å². The standard InChI is InChI=1S/C13H12ClF3N2O4/c14-8-1-2-9-10(7-8)23-13(22-9,12(15,16)17)18-11(20)19-3-5-21-6-4-19/h1-2,7H,3-6H2,(H,18,20). The number of nitrogens with zero attached hydrogens (tertiary/aromatic N) is 1. The van der Waals surface area contributed by atoms with Crippen LogP contribution in [0, 0.1) is 0 Å². The number of benzene rings is 1. The maximum Gasteiger partial charge on any atom is 0.492 e. The molecule has 0 aromatic heterocycles. The van der Waals surface area contributed by atoms with Crippen LogP contribution >= 0.6 is 11.6 Å². The van der Waals surface area contributed by atoms with Gasteiger partial charge in [0, 0.05) is 24.2 Å². The van der Waals surface area contributed by atoms with Gasteiger partial charge in [0.1, 0.15) is 0 Å². The molecule has 1 unspecified atom stereocenters. The summed E-state index contributed by atoms with van der Waals surface area (Å²) in [5.74, 6) is -3.64. The molecule has 0 bridgehead atoms. The number of fused-ring (bicyclic) bond motifs is 1. The van der Waals surface area contributed by atoms with E-state index >= 15 is 0 Å². The molecule has 2 aliphatic heterocycles. The lowest BCUT2D eigenvalue weighted by Crippen LogP contribution is -2.67. The number of amides is 2. The van der Waals surface area contributed by atoms with Crippen LogP contribution in [0.25, 0.3) is 0 Å². The molecule has 2 heterocycles. The molecule has 1 fully saturated rings. The molecule has 1 atom stereocenters. The summed E-state index contributed by atoms with van der Waals surface area (Å²) in [6.45, 7) is 0.866. The Morgan fingerprint density at radius 1 is 1.22 bits per heavy atom. The molecule has 0 radical (unpaired) electrons. The van der Waals surface area contributed by atoms with Crippen LogP contribution in [0.4, 0.5) is 18.0 Å². The summed E-state index contributed by atoms with van der Waals surface area (Å²) >= 11 is 5.73. The molecule has 10 heteroatoms. The molecule has 0 saturated carbocycles. The van der Waals surface area contributed by atoms with Gasteiger partial charge in [0.05, 0.1) is 13.2 Å². The third-order valence-electron chi connectivity index (χ3n) is 3.36. The van der Waals surface area contributed by atoms with E-state index in [4.69, 9.17) is 25.8 Å². The highest BCUT2D eigenvalue weighted by atomic mass is 35.5. The Labute approximate surface area is 134 Å². The highest BCUT2D eigenvalue weighted by Gasteiger charge is 2.66. The Kier molecular flexibility index (Phi) is 3.93. The van der Waals surface area contributed by atoms with E-state index in [0.29, 0.717) is 0 Å². The van der Waals surface area contributed by atoms with Crippen molar-refractivity contribution in [1.82, 2.24) is 10.2 Å². The first kappa shape index (κ1) is 16.0. The zero-order chi connectivity index (χ0) is 16.7. The van der Waals surface area contributed by atoms with E-state index in [1.807, 2.05) is 0 Å². The first-order valence-electron chi connectivity index (χ1n) is 6.70. The van der Waals surface area contributed by atoms with Gasteiger partial charge in [0.2, 0.25) is 0 Å². The van der Waals surface area contributed by atoms with Crippen molar-refractivity contribution >= 4 is 17.6 Å². The molecular weight excluding hydrogens is 341 g/mol. The van der Waals surface area contributed by atoms with Crippen LogP contribution in [-0.2, 0) is 4.74 Å². The largest absolute Gasteiger partial charge is 0.492 e. The molecule has 2 aliphatic rings. The molecule has 1 aromatic rings. The van der Waals surface area contributed by atoms with Crippen molar-refractivity contribution in [3.8, 4) is 11.5 Å². The van der Waals surface area contributed by atoms with Crippen LogP contribution < -0.4 is 14.8 Å². The fraction of sp³-hybridized carbons (Fsp3) is 0.462. The average molecular weight is 353 g/mol. The van der Waals surface area contributed by atoms with Crippen molar-refractivity contribution in [2.24, 2.45) is 0 Å². The summed E-state index contributed by atoms with van der Waals surface area (Å²) in [6.07, 6.45) is -5.00. The smallest absolute Gasteiger partial charge is 0.424 e.